The van der Waals surface area contributed by atoms with Gasteiger partial charge >= 0.3 is 0 Å². The number of carbonyl (C=O) groups excluding carboxylic acids is 2. The first-order valence-electron chi connectivity index (χ1n) is 7.18. The van der Waals surface area contributed by atoms with Crippen LogP contribution in [0.3, 0.4) is 0 Å². The second kappa shape index (κ2) is 8.43. The maximum absolute atomic E-state index is 12.2. The predicted octanol–water partition coefficient (Wildman–Crippen LogP) is 2.19. The number of nitrogens with zero attached hydrogens (tertiary/aromatic N) is 1. The maximum Gasteiger partial charge on any atom is 0.294 e. The minimum absolute atomic E-state index is 0.00746. The van der Waals surface area contributed by atoms with Gasteiger partial charge in [0.05, 0.1) is 6.61 Å². The average Bonchev–Trinajstić information content (AvgIpc) is 2.48. The Hall–Kier alpha value is -2.02. The lowest BCUT2D eigenvalue weighted by Gasteiger charge is -2.18. The smallest absolute Gasteiger partial charge is 0.294 e. The minimum atomic E-state index is -0.835. The summed E-state index contributed by atoms with van der Waals surface area (Å²) in [6.07, 6.45) is 1.54. The molecular weight excluding hydrogens is 290 g/mol. The van der Waals surface area contributed by atoms with Crippen molar-refractivity contribution in [3.63, 3.8) is 0 Å². The van der Waals surface area contributed by atoms with Gasteiger partial charge in [0.1, 0.15) is 0 Å². The molecule has 0 N–H and O–H groups in total. The van der Waals surface area contributed by atoms with Gasteiger partial charge in [-0.3, -0.25) is 9.59 Å². The van der Waals surface area contributed by atoms with Gasteiger partial charge in [-0.05, 0) is 40.0 Å². The Balaban J connectivity index is 2.32. The van der Waals surface area contributed by atoms with E-state index in [9.17, 15) is 19.7 Å². The average molecular weight is 311 g/mol. The highest BCUT2D eigenvalue weighted by Gasteiger charge is 2.27. The van der Waals surface area contributed by atoms with Gasteiger partial charge in [-0.25, -0.2) is 0 Å². The van der Waals surface area contributed by atoms with Crippen molar-refractivity contribution in [1.82, 2.24) is 0 Å². The molecule has 0 aromatic carbocycles. The fourth-order valence-corrected chi connectivity index (χ4v) is 2.21. The number of ether oxygens (including phenoxy) is 1. The Labute approximate surface area is 129 Å². The predicted molar refractivity (Wildman–Crippen MR) is 78.7 cm³/mol. The number of hydrogen-bond donors (Lipinski definition) is 0. The quantitative estimate of drug-likeness (QED) is 0.280. The summed E-state index contributed by atoms with van der Waals surface area (Å²) in [5, 5.41) is 9.09. The Bertz CT molecular complexity index is 532. The highest BCUT2D eigenvalue weighted by atomic mass is 16.9. The van der Waals surface area contributed by atoms with Gasteiger partial charge in [-0.1, -0.05) is 0 Å². The first kappa shape index (κ1) is 18.0. The molecule has 0 fully saturated rings. The molecule has 1 rings (SSSR count). The molecule has 0 spiro atoms. The van der Waals surface area contributed by atoms with Crippen molar-refractivity contribution in [1.29, 1.82) is 0 Å². The van der Waals surface area contributed by atoms with Crippen molar-refractivity contribution in [3.05, 3.63) is 32.4 Å². The number of hydrogen-bond acceptors (Lipinski definition) is 6. The molecule has 7 nitrogen and oxygen atoms in total. The van der Waals surface area contributed by atoms with E-state index in [-0.39, 0.29) is 18.2 Å². The monoisotopic (exact) mass is 311 g/mol. The topological polar surface area (TPSA) is 95.7 Å². The number of Topliss-reactive ketones (excluding diaryl/α,β-unsaturated/α-hetero) is 2. The fourth-order valence-electron chi connectivity index (χ4n) is 2.21. The van der Waals surface area contributed by atoms with Gasteiger partial charge in [-0.2, -0.15) is 0 Å². The van der Waals surface area contributed by atoms with E-state index < -0.39 is 5.09 Å². The zero-order chi connectivity index (χ0) is 16.7. The molecule has 0 aromatic heterocycles. The normalized spacial score (nSPS) is 15.6. The molecule has 0 bridgehead atoms. The van der Waals surface area contributed by atoms with Crippen LogP contribution in [-0.2, 0) is 19.2 Å². The third-order valence-corrected chi connectivity index (χ3v) is 3.66. The Kier molecular flexibility index (Phi) is 6.91. The number of carbonyl (C=O) groups is 2. The summed E-state index contributed by atoms with van der Waals surface area (Å²) in [7, 11) is 0. The van der Waals surface area contributed by atoms with Gasteiger partial charge in [0.25, 0.3) is 5.09 Å². The molecule has 0 unspecified atom stereocenters. The fraction of sp³-hybridized carbons (Fsp3) is 0.600. The molecule has 0 saturated heterocycles. The molecule has 0 amide bonds. The molecule has 0 aromatic rings. The van der Waals surface area contributed by atoms with Crippen molar-refractivity contribution in [2.24, 2.45) is 0 Å². The van der Waals surface area contributed by atoms with Crippen LogP contribution < -0.4 is 0 Å². The molecule has 1 aliphatic carbocycles. The Morgan fingerprint density at radius 1 is 0.909 bits per heavy atom. The summed E-state index contributed by atoms with van der Waals surface area (Å²) >= 11 is 0. The lowest BCUT2D eigenvalue weighted by molar-refractivity contribution is -0.757. The third kappa shape index (κ3) is 4.77. The van der Waals surface area contributed by atoms with Crippen LogP contribution in [0.1, 0.15) is 40.0 Å². The van der Waals surface area contributed by atoms with Crippen LogP contribution in [0.25, 0.3) is 0 Å². The lowest BCUT2D eigenvalue weighted by Crippen LogP contribution is -2.21. The SMILES string of the molecule is CC1=C(C)C(=O)C(CCCOCCCO[N+](=O)[O-])=C(C)C1=O. The van der Waals surface area contributed by atoms with Gasteiger partial charge in [0, 0.05) is 35.5 Å². The molecule has 122 valence electrons. The zero-order valence-corrected chi connectivity index (χ0v) is 13.1. The Morgan fingerprint density at radius 3 is 2.14 bits per heavy atom. The molecule has 22 heavy (non-hydrogen) atoms. The standard InChI is InChI=1S/C15H21NO6/c1-10-11(2)15(18)13(12(3)14(10)17)6-4-7-21-8-5-9-22-16(19)20/h4-9H2,1-3H3. The maximum atomic E-state index is 12.2. The summed E-state index contributed by atoms with van der Waals surface area (Å²) in [4.78, 5) is 38.2. The molecule has 1 aliphatic rings. The summed E-state index contributed by atoms with van der Waals surface area (Å²) in [6.45, 7) is 5.82. The number of ketones is 2. The Morgan fingerprint density at radius 2 is 1.50 bits per heavy atom. The van der Waals surface area contributed by atoms with Crippen molar-refractivity contribution >= 4 is 11.6 Å². The van der Waals surface area contributed by atoms with Crippen LogP contribution in [-0.4, -0.2) is 36.5 Å². The van der Waals surface area contributed by atoms with Gasteiger partial charge in [-0.15, -0.1) is 10.1 Å². The summed E-state index contributed by atoms with van der Waals surface area (Å²) < 4.78 is 5.32. The zero-order valence-electron chi connectivity index (χ0n) is 13.1. The second-order valence-electron chi connectivity index (χ2n) is 5.14. The van der Waals surface area contributed by atoms with E-state index in [0.717, 1.165) is 0 Å². The van der Waals surface area contributed by atoms with Crippen molar-refractivity contribution in [2.75, 3.05) is 19.8 Å². The molecule has 7 heteroatoms. The first-order valence-corrected chi connectivity index (χ1v) is 7.18. The van der Waals surface area contributed by atoms with Crippen molar-refractivity contribution in [2.45, 2.75) is 40.0 Å². The molecule has 0 atom stereocenters. The van der Waals surface area contributed by atoms with Gasteiger partial charge in [0.15, 0.2) is 11.6 Å². The second-order valence-corrected chi connectivity index (χ2v) is 5.14. The molecular formula is C15H21NO6. The van der Waals surface area contributed by atoms with Crippen LogP contribution in [0, 0.1) is 10.1 Å². The summed E-state index contributed by atoms with van der Waals surface area (Å²) in [6, 6.07) is 0. The van der Waals surface area contributed by atoms with Gasteiger partial charge < -0.3 is 9.57 Å². The van der Waals surface area contributed by atoms with E-state index >= 15 is 0 Å². The first-order chi connectivity index (χ1) is 10.4. The summed E-state index contributed by atoms with van der Waals surface area (Å²) in [5.41, 5.74) is 2.12. The van der Waals surface area contributed by atoms with Crippen molar-refractivity contribution < 1.29 is 24.3 Å². The van der Waals surface area contributed by atoms with E-state index in [4.69, 9.17) is 4.74 Å². The van der Waals surface area contributed by atoms with E-state index in [2.05, 4.69) is 4.84 Å². The summed E-state index contributed by atoms with van der Waals surface area (Å²) in [5.74, 6) is -0.126. The van der Waals surface area contributed by atoms with Crippen LogP contribution in [0.4, 0.5) is 0 Å². The van der Waals surface area contributed by atoms with Crippen LogP contribution in [0.5, 0.6) is 0 Å². The molecule has 0 radical (unpaired) electrons. The van der Waals surface area contributed by atoms with Crippen molar-refractivity contribution in [3.8, 4) is 0 Å². The molecule has 0 saturated carbocycles. The third-order valence-electron chi connectivity index (χ3n) is 3.66. The van der Waals surface area contributed by atoms with E-state index in [0.29, 0.717) is 54.8 Å². The van der Waals surface area contributed by atoms with Crippen LogP contribution >= 0.6 is 0 Å². The largest absolute Gasteiger partial charge is 0.381 e. The number of allylic oxidation sites excluding steroid dienone is 4. The highest BCUT2D eigenvalue weighted by Crippen LogP contribution is 2.26. The number of rotatable bonds is 9. The van der Waals surface area contributed by atoms with E-state index in [1.165, 1.54) is 0 Å². The highest BCUT2D eigenvalue weighted by molar-refractivity contribution is 6.24. The van der Waals surface area contributed by atoms with Crippen LogP contribution in [0.2, 0.25) is 0 Å². The lowest BCUT2D eigenvalue weighted by atomic mass is 9.84. The minimum Gasteiger partial charge on any atom is -0.381 e. The van der Waals surface area contributed by atoms with Crippen LogP contribution in [0.15, 0.2) is 22.3 Å². The van der Waals surface area contributed by atoms with E-state index in [1.54, 1.807) is 20.8 Å². The van der Waals surface area contributed by atoms with Gasteiger partial charge in [0.2, 0.25) is 0 Å². The molecule has 0 aliphatic heterocycles. The molecule has 0 heterocycles. The van der Waals surface area contributed by atoms with E-state index in [1.807, 2.05) is 0 Å².